The third kappa shape index (κ3) is 5.67. The first kappa shape index (κ1) is 14.7. The summed E-state index contributed by atoms with van der Waals surface area (Å²) in [6, 6.07) is 6.77. The molecule has 1 aromatic carbocycles. The van der Waals surface area contributed by atoms with Gasteiger partial charge in [0.15, 0.2) is 0 Å². The number of rotatable bonds is 7. The van der Waals surface area contributed by atoms with Crippen LogP contribution in [0.25, 0.3) is 0 Å². The van der Waals surface area contributed by atoms with Crippen LogP contribution in [0.5, 0.6) is 5.75 Å². The van der Waals surface area contributed by atoms with E-state index in [0.29, 0.717) is 11.4 Å². The summed E-state index contributed by atoms with van der Waals surface area (Å²) in [5, 5.41) is 2.58. The van der Waals surface area contributed by atoms with Crippen LogP contribution in [0.3, 0.4) is 0 Å². The molecule has 6 heteroatoms. The predicted molar refractivity (Wildman–Crippen MR) is 69.7 cm³/mol. The molecular formula is C13H16N2O4. The molecule has 3 N–H and O–H groups in total. The van der Waals surface area contributed by atoms with Crippen molar-refractivity contribution in [2.75, 3.05) is 11.9 Å². The largest absolute Gasteiger partial charge is 0.491 e. The molecule has 102 valence electrons. The van der Waals surface area contributed by atoms with Gasteiger partial charge < -0.3 is 15.8 Å². The molecule has 0 aromatic heterocycles. The number of amides is 2. The van der Waals surface area contributed by atoms with E-state index in [0.717, 1.165) is 0 Å². The molecule has 0 unspecified atom stereocenters. The van der Waals surface area contributed by atoms with Crippen molar-refractivity contribution in [2.45, 2.75) is 19.8 Å². The number of anilines is 1. The number of benzene rings is 1. The standard InChI is InChI=1S/C13H16N2O4/c1-9(16)8-13(18)15-10-4-2-3-5-11(10)19-7-6-12(14)17/h2-5H,6-8H2,1H3,(H2,14,17)(H,15,18). The Bertz CT molecular complexity index is 485. The van der Waals surface area contributed by atoms with Crippen molar-refractivity contribution in [1.82, 2.24) is 0 Å². The minimum atomic E-state index is -0.460. The molecule has 0 radical (unpaired) electrons. The molecule has 0 aliphatic rings. The molecule has 19 heavy (non-hydrogen) atoms. The van der Waals surface area contributed by atoms with E-state index in [1.165, 1.54) is 6.92 Å². The number of para-hydroxylation sites is 2. The zero-order chi connectivity index (χ0) is 14.3. The van der Waals surface area contributed by atoms with Gasteiger partial charge in [-0.15, -0.1) is 0 Å². The summed E-state index contributed by atoms with van der Waals surface area (Å²) in [6.45, 7) is 1.48. The van der Waals surface area contributed by atoms with Crippen molar-refractivity contribution in [1.29, 1.82) is 0 Å². The van der Waals surface area contributed by atoms with Crippen LogP contribution < -0.4 is 15.8 Å². The van der Waals surface area contributed by atoms with Crippen LogP contribution in [0.1, 0.15) is 19.8 Å². The Kier molecular flexibility index (Phi) is 5.53. The summed E-state index contributed by atoms with van der Waals surface area (Å²) in [6.07, 6.45) is -0.0919. The molecule has 0 atom stereocenters. The SMILES string of the molecule is CC(=O)CC(=O)Nc1ccccc1OCCC(N)=O. The lowest BCUT2D eigenvalue weighted by molar-refractivity contribution is -0.124. The van der Waals surface area contributed by atoms with Crippen LogP contribution in [0, 0.1) is 0 Å². The van der Waals surface area contributed by atoms with E-state index >= 15 is 0 Å². The molecule has 0 aliphatic carbocycles. The summed E-state index contributed by atoms with van der Waals surface area (Å²) in [5.74, 6) is -0.651. The highest BCUT2D eigenvalue weighted by Gasteiger charge is 2.09. The highest BCUT2D eigenvalue weighted by Crippen LogP contribution is 2.23. The monoisotopic (exact) mass is 264 g/mol. The number of nitrogens with one attached hydrogen (secondary N) is 1. The van der Waals surface area contributed by atoms with Crippen molar-refractivity contribution >= 4 is 23.3 Å². The topological polar surface area (TPSA) is 98.5 Å². The maximum Gasteiger partial charge on any atom is 0.231 e. The third-order valence-corrected chi connectivity index (χ3v) is 2.18. The van der Waals surface area contributed by atoms with Crippen molar-refractivity contribution in [3.8, 4) is 5.75 Å². The molecular weight excluding hydrogens is 248 g/mol. The Hall–Kier alpha value is -2.37. The van der Waals surface area contributed by atoms with Crippen LogP contribution >= 0.6 is 0 Å². The Labute approximate surface area is 110 Å². The quantitative estimate of drug-likeness (QED) is 0.713. The van der Waals surface area contributed by atoms with Gasteiger partial charge in [-0.1, -0.05) is 12.1 Å². The van der Waals surface area contributed by atoms with Gasteiger partial charge in [-0.2, -0.15) is 0 Å². The molecule has 0 spiro atoms. The molecule has 0 aliphatic heterocycles. The van der Waals surface area contributed by atoms with E-state index in [2.05, 4.69) is 5.32 Å². The fraction of sp³-hybridized carbons (Fsp3) is 0.308. The number of primary amides is 1. The minimum absolute atomic E-state index is 0.0930. The Balaban J connectivity index is 2.64. The van der Waals surface area contributed by atoms with Crippen molar-refractivity contribution in [3.05, 3.63) is 24.3 Å². The number of carbonyl (C=O) groups is 3. The van der Waals surface area contributed by atoms with E-state index in [-0.39, 0.29) is 25.2 Å². The fourth-order valence-corrected chi connectivity index (χ4v) is 1.38. The van der Waals surface area contributed by atoms with Gasteiger partial charge in [0.25, 0.3) is 0 Å². The second kappa shape index (κ2) is 7.15. The molecule has 0 fully saturated rings. The van der Waals surface area contributed by atoms with Gasteiger partial charge in [-0.25, -0.2) is 0 Å². The second-order valence-electron chi connectivity index (χ2n) is 3.99. The van der Waals surface area contributed by atoms with Gasteiger partial charge in [-0.3, -0.25) is 14.4 Å². The van der Waals surface area contributed by atoms with Gasteiger partial charge in [0, 0.05) is 0 Å². The summed E-state index contributed by atoms with van der Waals surface area (Å²) in [4.78, 5) is 32.9. The smallest absolute Gasteiger partial charge is 0.231 e. The minimum Gasteiger partial charge on any atom is -0.491 e. The van der Waals surface area contributed by atoms with Crippen LogP contribution in [0.4, 0.5) is 5.69 Å². The van der Waals surface area contributed by atoms with Crippen LogP contribution in [0.15, 0.2) is 24.3 Å². The van der Waals surface area contributed by atoms with Crippen LogP contribution in [0.2, 0.25) is 0 Å². The predicted octanol–water partition coefficient (Wildman–Crippen LogP) is 0.858. The molecule has 0 bridgehead atoms. The molecule has 6 nitrogen and oxygen atoms in total. The van der Waals surface area contributed by atoms with Gasteiger partial charge >= 0.3 is 0 Å². The summed E-state index contributed by atoms with van der Waals surface area (Å²) < 4.78 is 5.35. The molecule has 2 amide bonds. The van der Waals surface area contributed by atoms with E-state index in [1.807, 2.05) is 0 Å². The van der Waals surface area contributed by atoms with E-state index in [4.69, 9.17) is 10.5 Å². The van der Waals surface area contributed by atoms with E-state index in [1.54, 1.807) is 24.3 Å². The Morgan fingerprint density at radius 3 is 2.58 bits per heavy atom. The molecule has 1 aromatic rings. The van der Waals surface area contributed by atoms with Gasteiger partial charge in [0.2, 0.25) is 11.8 Å². The molecule has 0 saturated heterocycles. The van der Waals surface area contributed by atoms with Gasteiger partial charge in [0.1, 0.15) is 11.5 Å². The zero-order valence-corrected chi connectivity index (χ0v) is 10.6. The van der Waals surface area contributed by atoms with Crippen molar-refractivity contribution in [2.24, 2.45) is 5.73 Å². The van der Waals surface area contributed by atoms with E-state index < -0.39 is 11.8 Å². The Morgan fingerprint density at radius 1 is 1.26 bits per heavy atom. The highest BCUT2D eigenvalue weighted by molar-refractivity contribution is 6.04. The van der Waals surface area contributed by atoms with Crippen molar-refractivity contribution in [3.63, 3.8) is 0 Å². The molecule has 0 heterocycles. The number of Topliss-reactive ketones (excluding diaryl/α,β-unsaturated/α-hetero) is 1. The average Bonchev–Trinajstić information content (AvgIpc) is 2.29. The normalized spacial score (nSPS) is 9.74. The van der Waals surface area contributed by atoms with Crippen molar-refractivity contribution < 1.29 is 19.1 Å². The number of hydrogen-bond acceptors (Lipinski definition) is 4. The first-order valence-electron chi connectivity index (χ1n) is 5.78. The highest BCUT2D eigenvalue weighted by atomic mass is 16.5. The second-order valence-corrected chi connectivity index (χ2v) is 3.99. The lowest BCUT2D eigenvalue weighted by atomic mass is 10.2. The first-order chi connectivity index (χ1) is 8.99. The van der Waals surface area contributed by atoms with Crippen LogP contribution in [-0.4, -0.2) is 24.2 Å². The lowest BCUT2D eigenvalue weighted by Crippen LogP contribution is -2.17. The fourth-order valence-electron chi connectivity index (χ4n) is 1.38. The third-order valence-electron chi connectivity index (χ3n) is 2.18. The lowest BCUT2D eigenvalue weighted by Gasteiger charge is -2.11. The van der Waals surface area contributed by atoms with Crippen LogP contribution in [-0.2, 0) is 14.4 Å². The average molecular weight is 264 g/mol. The molecule has 0 saturated carbocycles. The van der Waals surface area contributed by atoms with Gasteiger partial charge in [0.05, 0.1) is 25.1 Å². The number of hydrogen-bond donors (Lipinski definition) is 2. The first-order valence-corrected chi connectivity index (χ1v) is 5.78. The summed E-state index contributed by atoms with van der Waals surface area (Å²) >= 11 is 0. The number of carbonyl (C=O) groups excluding carboxylic acids is 3. The number of nitrogens with two attached hydrogens (primary N) is 1. The number of ketones is 1. The maximum absolute atomic E-state index is 11.5. The van der Waals surface area contributed by atoms with Gasteiger partial charge in [-0.05, 0) is 19.1 Å². The summed E-state index contributed by atoms with van der Waals surface area (Å²) in [5.41, 5.74) is 5.46. The molecule has 1 rings (SSSR count). The summed E-state index contributed by atoms with van der Waals surface area (Å²) in [7, 11) is 0. The van der Waals surface area contributed by atoms with E-state index in [9.17, 15) is 14.4 Å². The number of ether oxygens (including phenoxy) is 1. The zero-order valence-electron chi connectivity index (χ0n) is 10.6. The Morgan fingerprint density at radius 2 is 1.95 bits per heavy atom. The maximum atomic E-state index is 11.5.